The van der Waals surface area contributed by atoms with Gasteiger partial charge in [-0.25, -0.2) is 18.9 Å². The molecule has 4 aromatic rings. The number of imidazole rings is 1. The normalized spacial score (nSPS) is 12.6. The van der Waals surface area contributed by atoms with Crippen LogP contribution in [0.25, 0.3) is 16.9 Å². The molecule has 0 radical (unpaired) electrons. The molecule has 1 aromatic carbocycles. The van der Waals surface area contributed by atoms with Gasteiger partial charge in [0, 0.05) is 31.4 Å². The number of halogens is 1. The number of hydrogen-bond donors (Lipinski definition) is 0. The van der Waals surface area contributed by atoms with Crippen molar-refractivity contribution >= 4 is 5.65 Å². The first kappa shape index (κ1) is 16.4. The molecular weight excluding hydrogens is 331 g/mol. The Hall–Kier alpha value is -3.09. The molecule has 1 atom stereocenters. The second-order valence-electron chi connectivity index (χ2n) is 6.38. The third-order valence-electron chi connectivity index (χ3n) is 4.38. The van der Waals surface area contributed by atoms with Crippen LogP contribution in [0.4, 0.5) is 4.39 Å². The first-order valence-corrected chi connectivity index (χ1v) is 8.43. The summed E-state index contributed by atoms with van der Waals surface area (Å²) in [7, 11) is 1.80. The Morgan fingerprint density at radius 2 is 1.88 bits per heavy atom. The van der Waals surface area contributed by atoms with Gasteiger partial charge in [0.1, 0.15) is 5.82 Å². The van der Waals surface area contributed by atoms with Crippen LogP contribution in [0.1, 0.15) is 29.2 Å². The van der Waals surface area contributed by atoms with E-state index in [2.05, 4.69) is 20.1 Å². The number of fused-ring (bicyclic) bond motifs is 1. The van der Waals surface area contributed by atoms with Crippen molar-refractivity contribution in [1.29, 1.82) is 0 Å². The summed E-state index contributed by atoms with van der Waals surface area (Å²) in [5.74, 6) is 0.815. The van der Waals surface area contributed by atoms with Crippen LogP contribution in [0.3, 0.4) is 0 Å². The SMILES string of the molecule is Cc1ncc(C)n2nc(C[C@@H](F)c3nc(-c4ccccc4)cn3C)nc12. The largest absolute Gasteiger partial charge is 0.335 e. The first-order valence-electron chi connectivity index (χ1n) is 8.43. The minimum absolute atomic E-state index is 0.0691. The van der Waals surface area contributed by atoms with Gasteiger partial charge in [0.15, 0.2) is 17.6 Å². The van der Waals surface area contributed by atoms with E-state index < -0.39 is 6.17 Å². The van der Waals surface area contributed by atoms with Crippen molar-refractivity contribution in [3.05, 3.63) is 65.8 Å². The summed E-state index contributed by atoms with van der Waals surface area (Å²) < 4.78 is 18.4. The van der Waals surface area contributed by atoms with Gasteiger partial charge < -0.3 is 4.57 Å². The van der Waals surface area contributed by atoms with E-state index in [0.717, 1.165) is 22.6 Å². The van der Waals surface area contributed by atoms with Crippen LogP contribution >= 0.6 is 0 Å². The number of aromatic nitrogens is 6. The van der Waals surface area contributed by atoms with Crippen LogP contribution in [0.15, 0.2) is 42.7 Å². The summed E-state index contributed by atoms with van der Waals surface area (Å²) in [6.45, 7) is 3.76. The van der Waals surface area contributed by atoms with Gasteiger partial charge in [-0.3, -0.25) is 4.98 Å². The zero-order valence-electron chi connectivity index (χ0n) is 14.9. The van der Waals surface area contributed by atoms with Crippen molar-refractivity contribution in [3.8, 4) is 11.3 Å². The predicted molar refractivity (Wildman–Crippen MR) is 96.5 cm³/mol. The summed E-state index contributed by atoms with van der Waals surface area (Å²) in [6, 6.07) is 9.74. The second-order valence-corrected chi connectivity index (χ2v) is 6.38. The molecule has 0 aliphatic carbocycles. The molecule has 26 heavy (non-hydrogen) atoms. The van der Waals surface area contributed by atoms with Crippen LogP contribution < -0.4 is 0 Å². The van der Waals surface area contributed by atoms with Crippen LogP contribution in [-0.4, -0.2) is 29.1 Å². The highest BCUT2D eigenvalue weighted by molar-refractivity contribution is 5.58. The van der Waals surface area contributed by atoms with E-state index in [4.69, 9.17) is 0 Å². The van der Waals surface area contributed by atoms with Gasteiger partial charge in [-0.05, 0) is 13.8 Å². The number of benzene rings is 1. The molecule has 0 saturated carbocycles. The average molecular weight is 350 g/mol. The summed E-state index contributed by atoms with van der Waals surface area (Å²) in [4.78, 5) is 13.2. The molecule has 0 aliphatic heterocycles. The molecule has 7 heteroatoms. The fourth-order valence-corrected chi connectivity index (χ4v) is 3.00. The highest BCUT2D eigenvalue weighted by Gasteiger charge is 2.21. The van der Waals surface area contributed by atoms with E-state index in [0.29, 0.717) is 17.3 Å². The number of alkyl halides is 1. The minimum atomic E-state index is -1.29. The summed E-state index contributed by atoms with van der Waals surface area (Å²) in [5, 5.41) is 4.42. The molecule has 0 spiro atoms. The quantitative estimate of drug-likeness (QED) is 0.566. The highest BCUT2D eigenvalue weighted by atomic mass is 19.1. The molecule has 0 saturated heterocycles. The van der Waals surface area contributed by atoms with Crippen LogP contribution in [0.5, 0.6) is 0 Å². The van der Waals surface area contributed by atoms with Crippen LogP contribution in [0.2, 0.25) is 0 Å². The fraction of sp³-hybridized carbons (Fsp3) is 0.263. The van der Waals surface area contributed by atoms with Crippen molar-refractivity contribution in [1.82, 2.24) is 29.1 Å². The number of hydrogen-bond acceptors (Lipinski definition) is 4. The Kier molecular flexibility index (Phi) is 3.99. The molecule has 3 heterocycles. The van der Waals surface area contributed by atoms with E-state index in [1.165, 1.54) is 0 Å². The van der Waals surface area contributed by atoms with Gasteiger partial charge >= 0.3 is 0 Å². The smallest absolute Gasteiger partial charge is 0.177 e. The lowest BCUT2D eigenvalue weighted by molar-refractivity contribution is 0.314. The van der Waals surface area contributed by atoms with Crippen molar-refractivity contribution in [3.63, 3.8) is 0 Å². The standard InChI is InChI=1S/C19H19FN6/c1-12-10-21-13(2)18-23-17(24-26(12)18)9-15(20)19-22-16(11-25(19)3)14-7-5-4-6-8-14/h4-8,10-11,15H,9H2,1-3H3/t15-/m1/s1. The maximum atomic E-state index is 15.0. The number of rotatable bonds is 4. The van der Waals surface area contributed by atoms with Crippen molar-refractivity contribution in [2.24, 2.45) is 7.05 Å². The van der Waals surface area contributed by atoms with E-state index in [-0.39, 0.29) is 6.42 Å². The molecule has 0 N–H and O–H groups in total. The van der Waals surface area contributed by atoms with Crippen molar-refractivity contribution in [2.45, 2.75) is 26.4 Å². The summed E-state index contributed by atoms with van der Waals surface area (Å²) >= 11 is 0. The van der Waals surface area contributed by atoms with Crippen molar-refractivity contribution in [2.75, 3.05) is 0 Å². The van der Waals surface area contributed by atoms with Gasteiger partial charge in [0.2, 0.25) is 0 Å². The van der Waals surface area contributed by atoms with Crippen molar-refractivity contribution < 1.29 is 4.39 Å². The van der Waals surface area contributed by atoms with Crippen LogP contribution in [-0.2, 0) is 13.5 Å². The Bertz CT molecular complexity index is 1030. The number of nitrogens with zero attached hydrogens (tertiary/aromatic N) is 6. The monoisotopic (exact) mass is 350 g/mol. The lowest BCUT2D eigenvalue weighted by atomic mass is 10.2. The molecular formula is C19H19FN6. The lowest BCUT2D eigenvalue weighted by Crippen LogP contribution is -2.06. The molecule has 6 nitrogen and oxygen atoms in total. The molecule has 0 aliphatic rings. The van der Waals surface area contributed by atoms with E-state index in [1.807, 2.05) is 50.4 Å². The maximum absolute atomic E-state index is 15.0. The Labute approximate surface area is 150 Å². The molecule has 132 valence electrons. The second kappa shape index (κ2) is 6.33. The van der Waals surface area contributed by atoms with Gasteiger partial charge in [-0.1, -0.05) is 30.3 Å². The van der Waals surface area contributed by atoms with Gasteiger partial charge in [-0.15, -0.1) is 0 Å². The zero-order valence-corrected chi connectivity index (χ0v) is 14.9. The Morgan fingerprint density at radius 3 is 2.62 bits per heavy atom. The molecule has 4 rings (SSSR count). The maximum Gasteiger partial charge on any atom is 0.177 e. The zero-order chi connectivity index (χ0) is 18.3. The third-order valence-corrected chi connectivity index (χ3v) is 4.38. The molecule has 0 bridgehead atoms. The average Bonchev–Trinajstić information content (AvgIpc) is 3.23. The lowest BCUT2D eigenvalue weighted by Gasteiger charge is -2.05. The van der Waals surface area contributed by atoms with Gasteiger partial charge in [-0.2, -0.15) is 5.10 Å². The molecule has 0 amide bonds. The van der Waals surface area contributed by atoms with E-state index in [1.54, 1.807) is 22.3 Å². The number of aryl methyl sites for hydroxylation is 3. The van der Waals surface area contributed by atoms with Crippen LogP contribution in [0, 0.1) is 13.8 Å². The Balaban J connectivity index is 1.63. The summed E-state index contributed by atoms with van der Waals surface area (Å²) in [5.41, 5.74) is 4.02. The summed E-state index contributed by atoms with van der Waals surface area (Å²) in [6.07, 6.45) is 2.36. The minimum Gasteiger partial charge on any atom is -0.335 e. The van der Waals surface area contributed by atoms with Gasteiger partial charge in [0.05, 0.1) is 17.1 Å². The highest BCUT2D eigenvalue weighted by Crippen LogP contribution is 2.25. The third kappa shape index (κ3) is 2.85. The Morgan fingerprint density at radius 1 is 1.12 bits per heavy atom. The molecule has 0 fully saturated rings. The topological polar surface area (TPSA) is 60.9 Å². The van der Waals surface area contributed by atoms with E-state index >= 15 is 0 Å². The molecule has 0 unspecified atom stereocenters. The van der Waals surface area contributed by atoms with Gasteiger partial charge in [0.25, 0.3) is 0 Å². The fourth-order valence-electron chi connectivity index (χ4n) is 3.00. The predicted octanol–water partition coefficient (Wildman–Crippen LogP) is 3.39. The van der Waals surface area contributed by atoms with E-state index in [9.17, 15) is 4.39 Å². The molecule has 3 aromatic heterocycles. The first-order chi connectivity index (χ1) is 12.5.